The second-order valence-corrected chi connectivity index (χ2v) is 11.7. The number of amides is 1. The second kappa shape index (κ2) is 12.1. The number of nitrogens with zero attached hydrogens (tertiary/aromatic N) is 6. The van der Waals surface area contributed by atoms with Crippen LogP contribution in [0.15, 0.2) is 53.6 Å². The first-order valence-electron chi connectivity index (χ1n) is 15.4. The largest absolute Gasteiger partial charge is 0.497 e. The predicted octanol–water partition coefficient (Wildman–Crippen LogP) is 2.74. The van der Waals surface area contributed by atoms with Gasteiger partial charge in [-0.3, -0.25) is 9.69 Å². The highest BCUT2D eigenvalue weighted by atomic mass is 16.5. The van der Waals surface area contributed by atoms with Gasteiger partial charge in [0, 0.05) is 50.6 Å². The van der Waals surface area contributed by atoms with Crippen molar-refractivity contribution in [1.82, 2.24) is 9.80 Å². The molecule has 3 fully saturated rings. The van der Waals surface area contributed by atoms with Gasteiger partial charge in [-0.25, -0.2) is 9.80 Å². The maximum absolute atomic E-state index is 15.1. The number of piperazine rings is 1. The zero-order valence-corrected chi connectivity index (χ0v) is 25.3. The Morgan fingerprint density at radius 2 is 1.60 bits per heavy atom. The monoisotopic (exact) mass is 590 g/mol. The molecule has 4 aliphatic heterocycles. The van der Waals surface area contributed by atoms with Crippen molar-refractivity contribution >= 4 is 34.7 Å². The highest BCUT2D eigenvalue weighted by Crippen LogP contribution is 2.47. The molecule has 4 aliphatic rings. The fraction of sp³-hybridized carbons (Fsp3) is 0.531. The van der Waals surface area contributed by atoms with Crippen molar-refractivity contribution < 1.29 is 24.2 Å². The van der Waals surface area contributed by atoms with Crippen molar-refractivity contribution in [3.8, 4) is 5.75 Å². The number of methoxy groups -OCH3 is 1. The van der Waals surface area contributed by atoms with E-state index in [1.54, 1.807) is 19.0 Å². The maximum atomic E-state index is 15.1. The number of esters is 1. The van der Waals surface area contributed by atoms with Crippen LogP contribution < -0.4 is 19.5 Å². The number of hydrogen-bond acceptors (Lipinski definition) is 10. The van der Waals surface area contributed by atoms with E-state index in [1.165, 1.54) is 0 Å². The molecule has 6 rings (SSSR count). The van der Waals surface area contributed by atoms with Gasteiger partial charge in [0.05, 0.1) is 25.3 Å². The first-order chi connectivity index (χ1) is 20.9. The van der Waals surface area contributed by atoms with E-state index in [2.05, 4.69) is 16.8 Å². The van der Waals surface area contributed by atoms with E-state index in [-0.39, 0.29) is 12.5 Å². The molecule has 0 bridgehead atoms. The third kappa shape index (κ3) is 5.13. The Morgan fingerprint density at radius 1 is 0.930 bits per heavy atom. The summed E-state index contributed by atoms with van der Waals surface area (Å²) in [7, 11) is 3.70. The van der Waals surface area contributed by atoms with E-state index >= 15 is 4.79 Å². The zero-order valence-electron chi connectivity index (χ0n) is 25.3. The molecule has 0 spiro atoms. The third-order valence-electron chi connectivity index (χ3n) is 9.30. The van der Waals surface area contributed by atoms with Crippen LogP contribution in [0.5, 0.6) is 5.75 Å². The van der Waals surface area contributed by atoms with Crippen LogP contribution in [0, 0.1) is 5.92 Å². The van der Waals surface area contributed by atoms with E-state index in [9.17, 15) is 9.90 Å². The lowest BCUT2D eigenvalue weighted by molar-refractivity contribution is -0.138. The van der Waals surface area contributed by atoms with Gasteiger partial charge < -0.3 is 29.3 Å². The van der Waals surface area contributed by atoms with Crippen LogP contribution in [-0.4, -0.2) is 104 Å². The summed E-state index contributed by atoms with van der Waals surface area (Å²) in [5, 5.41) is 17.2. The van der Waals surface area contributed by atoms with Gasteiger partial charge in [0.1, 0.15) is 12.0 Å². The maximum Gasteiger partial charge on any atom is 0.354 e. The number of likely N-dealkylation sites (N-methyl/N-ethyl adjacent to an activating group) is 1. The number of rotatable bonds is 7. The molecule has 4 heterocycles. The molecule has 3 saturated heterocycles. The van der Waals surface area contributed by atoms with E-state index in [0.29, 0.717) is 43.2 Å². The highest BCUT2D eigenvalue weighted by Gasteiger charge is 2.65. The minimum absolute atomic E-state index is 0.113. The number of carbonyl (C=O) groups excluding carboxylic acids is 2. The number of piperidine rings is 2. The summed E-state index contributed by atoms with van der Waals surface area (Å²) in [6.45, 7) is 6.14. The molecule has 11 heteroatoms. The Kier molecular flexibility index (Phi) is 8.30. The van der Waals surface area contributed by atoms with Gasteiger partial charge in [-0.15, -0.1) is 0 Å². The molecular formula is C32H42N6O5. The molecule has 0 aromatic heterocycles. The molecular weight excluding hydrogens is 548 g/mol. The Bertz CT molecular complexity index is 1340. The lowest BCUT2D eigenvalue weighted by atomic mass is 9.79. The average Bonchev–Trinajstić information content (AvgIpc) is 3.39. The number of ether oxygens (including phenoxy) is 2. The zero-order chi connectivity index (χ0) is 30.1. The van der Waals surface area contributed by atoms with Gasteiger partial charge in [-0.2, -0.15) is 5.10 Å². The summed E-state index contributed by atoms with van der Waals surface area (Å²) in [4.78, 5) is 36.8. The van der Waals surface area contributed by atoms with Crippen LogP contribution in [0.25, 0.3) is 0 Å². The van der Waals surface area contributed by atoms with Crippen LogP contribution in [0.1, 0.15) is 32.6 Å². The first-order valence-corrected chi connectivity index (χ1v) is 15.4. The average molecular weight is 591 g/mol. The van der Waals surface area contributed by atoms with Crippen LogP contribution in [0.3, 0.4) is 0 Å². The molecule has 230 valence electrons. The topological polar surface area (TPSA) is 101 Å². The Morgan fingerprint density at radius 3 is 2.26 bits per heavy atom. The molecule has 2 aromatic rings. The summed E-state index contributed by atoms with van der Waals surface area (Å²) < 4.78 is 10.9. The normalized spacial score (nSPS) is 26.7. The third-order valence-corrected chi connectivity index (χ3v) is 9.30. The number of aliphatic hydroxyl groups excluding tert-OH is 1. The van der Waals surface area contributed by atoms with Crippen LogP contribution in [0.2, 0.25) is 0 Å². The lowest BCUT2D eigenvalue weighted by Crippen LogP contribution is -2.75. The Labute approximate surface area is 253 Å². The van der Waals surface area contributed by atoms with Crippen molar-refractivity contribution in [1.29, 1.82) is 0 Å². The summed E-state index contributed by atoms with van der Waals surface area (Å²) >= 11 is 0. The van der Waals surface area contributed by atoms with E-state index in [4.69, 9.17) is 14.6 Å². The van der Waals surface area contributed by atoms with Crippen LogP contribution in [-0.2, 0) is 14.3 Å². The number of hydrazone groups is 1. The number of fused-ring (bicyclic) bond motifs is 1. The minimum Gasteiger partial charge on any atom is -0.497 e. The number of carbonyl (C=O) groups is 2. The van der Waals surface area contributed by atoms with E-state index in [0.717, 1.165) is 50.3 Å². The van der Waals surface area contributed by atoms with Gasteiger partial charge in [0.15, 0.2) is 5.71 Å². The molecule has 43 heavy (non-hydrogen) atoms. The second-order valence-electron chi connectivity index (χ2n) is 11.7. The summed E-state index contributed by atoms with van der Waals surface area (Å²) in [5.41, 5.74) is 1.48. The van der Waals surface area contributed by atoms with Crippen LogP contribution in [0.4, 0.5) is 17.1 Å². The molecule has 3 unspecified atom stereocenters. The SMILES string of the molecule is CCOC(=O)C1=NN(c2ccc(OC)cc2)C2(N3CCN(C)CC3)C(=O)N(c3ccc(N4CCCCC4O)cc3)CCC12. The van der Waals surface area contributed by atoms with Crippen molar-refractivity contribution in [3.63, 3.8) is 0 Å². The smallest absolute Gasteiger partial charge is 0.354 e. The van der Waals surface area contributed by atoms with Crippen molar-refractivity contribution in [2.45, 2.75) is 44.5 Å². The van der Waals surface area contributed by atoms with Gasteiger partial charge in [0.2, 0.25) is 5.66 Å². The molecule has 0 saturated carbocycles. The summed E-state index contributed by atoms with van der Waals surface area (Å²) in [6.07, 6.45) is 2.88. The number of hydrogen-bond donors (Lipinski definition) is 1. The van der Waals surface area contributed by atoms with Gasteiger partial charge in [0.25, 0.3) is 5.91 Å². The lowest BCUT2D eigenvalue weighted by Gasteiger charge is -2.54. The molecule has 2 aromatic carbocycles. The number of aliphatic hydroxyl groups is 1. The fourth-order valence-electron chi connectivity index (χ4n) is 7.02. The van der Waals surface area contributed by atoms with Gasteiger partial charge >= 0.3 is 5.97 Å². The first kappa shape index (κ1) is 29.4. The molecule has 0 aliphatic carbocycles. The molecule has 3 atom stereocenters. The summed E-state index contributed by atoms with van der Waals surface area (Å²) in [6, 6.07) is 15.4. The Hall–Kier alpha value is -3.67. The minimum atomic E-state index is -1.24. The molecule has 0 radical (unpaired) electrons. The molecule has 1 N–H and O–H groups in total. The number of benzene rings is 2. The van der Waals surface area contributed by atoms with Crippen molar-refractivity contribution in [2.75, 3.05) is 74.8 Å². The van der Waals surface area contributed by atoms with Gasteiger partial charge in [-0.1, -0.05) is 0 Å². The molecule has 1 amide bonds. The van der Waals surface area contributed by atoms with Crippen molar-refractivity contribution in [3.05, 3.63) is 48.5 Å². The summed E-state index contributed by atoms with van der Waals surface area (Å²) in [5.74, 6) is -0.368. The number of anilines is 3. The highest BCUT2D eigenvalue weighted by molar-refractivity contribution is 6.40. The predicted molar refractivity (Wildman–Crippen MR) is 165 cm³/mol. The quantitative estimate of drug-likeness (QED) is 0.488. The molecule has 11 nitrogen and oxygen atoms in total. The van der Waals surface area contributed by atoms with Crippen LogP contribution >= 0.6 is 0 Å². The fourth-order valence-corrected chi connectivity index (χ4v) is 7.02. The standard InChI is InChI=1S/C32H42N6O5/c1-4-43-30(40)29-27-16-18-37(24-10-8-23(9-11-24)36-17-6-5-7-28(36)39)31(41)32(27,35-21-19-34(2)20-22-35)38(33-29)25-12-14-26(42-3)15-13-25/h8-15,27-28,39H,4-7,16-22H2,1-3H3. The van der Waals surface area contributed by atoms with Crippen molar-refractivity contribution in [2.24, 2.45) is 11.0 Å². The van der Waals surface area contributed by atoms with E-state index in [1.807, 2.05) is 58.3 Å². The van der Waals surface area contributed by atoms with E-state index < -0.39 is 23.8 Å². The Balaban J connectivity index is 1.42. The van der Waals surface area contributed by atoms with Gasteiger partial charge in [-0.05, 0) is 88.2 Å².